The maximum atomic E-state index is 13.7. The van der Waals surface area contributed by atoms with Crippen LogP contribution in [0.4, 0.5) is 4.79 Å². The average molecular weight is 491 g/mol. The molecule has 190 valence electrons. The van der Waals surface area contributed by atoms with E-state index in [2.05, 4.69) is 5.32 Å². The number of carbonyl (C=O) groups excluding carboxylic acids is 4. The van der Waals surface area contributed by atoms with Gasteiger partial charge in [0.2, 0.25) is 11.8 Å². The highest BCUT2D eigenvalue weighted by atomic mass is 16.2. The molecule has 2 saturated heterocycles. The van der Waals surface area contributed by atoms with Crippen LogP contribution < -0.4 is 5.32 Å². The van der Waals surface area contributed by atoms with Crippen molar-refractivity contribution in [2.75, 3.05) is 32.7 Å². The van der Waals surface area contributed by atoms with Crippen molar-refractivity contribution in [3.8, 4) is 0 Å². The first-order chi connectivity index (χ1) is 17.4. The van der Waals surface area contributed by atoms with Crippen molar-refractivity contribution >= 4 is 23.8 Å². The fourth-order valence-electron chi connectivity index (χ4n) is 8.84. The Morgan fingerprint density at radius 2 is 1.50 bits per heavy atom. The summed E-state index contributed by atoms with van der Waals surface area (Å²) in [4.78, 5) is 57.7. The molecule has 1 spiro atoms. The maximum Gasteiger partial charge on any atom is 0.325 e. The molecule has 0 radical (unpaired) electrons. The Hall–Kier alpha value is -2.90. The maximum absolute atomic E-state index is 13.7. The number of hydrogen-bond acceptors (Lipinski definition) is 4. The quantitative estimate of drug-likeness (QED) is 0.659. The minimum absolute atomic E-state index is 0.160. The Bertz CT molecular complexity index is 1120. The fraction of sp³-hybridized carbons (Fsp3) is 0.643. The minimum atomic E-state index is -1.04. The summed E-state index contributed by atoms with van der Waals surface area (Å²) in [6.07, 6.45) is 8.33. The van der Waals surface area contributed by atoms with E-state index in [9.17, 15) is 19.2 Å². The van der Waals surface area contributed by atoms with Crippen molar-refractivity contribution in [3.63, 3.8) is 0 Å². The third-order valence-electron chi connectivity index (χ3n) is 10.1. The van der Waals surface area contributed by atoms with Gasteiger partial charge < -0.3 is 15.1 Å². The molecule has 2 aliphatic heterocycles. The molecule has 1 atom stereocenters. The van der Waals surface area contributed by atoms with Crippen molar-refractivity contribution < 1.29 is 19.2 Å². The first-order valence-electron chi connectivity index (χ1n) is 13.7. The van der Waals surface area contributed by atoms with Gasteiger partial charge in [0, 0.05) is 26.2 Å². The number of urea groups is 1. The summed E-state index contributed by atoms with van der Waals surface area (Å²) in [5, 5.41) is 2.89. The highest BCUT2D eigenvalue weighted by Gasteiger charge is 2.57. The summed E-state index contributed by atoms with van der Waals surface area (Å²) >= 11 is 0. The molecule has 4 saturated carbocycles. The van der Waals surface area contributed by atoms with Gasteiger partial charge >= 0.3 is 6.03 Å². The first kappa shape index (κ1) is 22.3. The van der Waals surface area contributed by atoms with Gasteiger partial charge in [-0.15, -0.1) is 0 Å². The first-order valence-corrected chi connectivity index (χ1v) is 13.7. The van der Waals surface area contributed by atoms with Gasteiger partial charge in [0.1, 0.15) is 12.1 Å². The number of aryl methyl sites for hydroxylation is 1. The van der Waals surface area contributed by atoms with Crippen LogP contribution in [-0.2, 0) is 26.3 Å². The van der Waals surface area contributed by atoms with Gasteiger partial charge in [-0.05, 0) is 80.2 Å². The van der Waals surface area contributed by atoms with Gasteiger partial charge in [-0.1, -0.05) is 24.3 Å². The molecule has 6 fully saturated rings. The molecule has 2 heterocycles. The smallest absolute Gasteiger partial charge is 0.325 e. The average Bonchev–Trinajstić information content (AvgIpc) is 3.35. The summed E-state index contributed by atoms with van der Waals surface area (Å²) in [6.45, 7) is 1.72. The van der Waals surface area contributed by atoms with Crippen molar-refractivity contribution in [1.82, 2.24) is 20.0 Å². The number of imide groups is 1. The molecule has 8 nitrogen and oxygen atoms in total. The van der Waals surface area contributed by atoms with Crippen LogP contribution >= 0.6 is 0 Å². The van der Waals surface area contributed by atoms with E-state index >= 15 is 0 Å². The van der Waals surface area contributed by atoms with E-state index in [1.165, 1.54) is 19.3 Å². The number of amides is 5. The van der Waals surface area contributed by atoms with Crippen LogP contribution in [0.15, 0.2) is 24.3 Å². The van der Waals surface area contributed by atoms with E-state index in [0.717, 1.165) is 59.5 Å². The topological polar surface area (TPSA) is 90.0 Å². The van der Waals surface area contributed by atoms with Gasteiger partial charge in [0.25, 0.3) is 5.91 Å². The third-order valence-corrected chi connectivity index (χ3v) is 10.1. The Kier molecular flexibility index (Phi) is 4.83. The lowest BCUT2D eigenvalue weighted by Gasteiger charge is -2.57. The van der Waals surface area contributed by atoms with E-state index in [1.54, 1.807) is 4.90 Å². The molecule has 8 heteroatoms. The van der Waals surface area contributed by atoms with Gasteiger partial charge in [0.15, 0.2) is 0 Å². The molecule has 1 unspecified atom stereocenters. The van der Waals surface area contributed by atoms with Gasteiger partial charge in [-0.25, -0.2) is 4.79 Å². The van der Waals surface area contributed by atoms with Crippen LogP contribution in [0, 0.1) is 23.2 Å². The Morgan fingerprint density at radius 3 is 2.17 bits per heavy atom. The Balaban J connectivity index is 0.988. The molecule has 5 aliphatic carbocycles. The monoisotopic (exact) mass is 490 g/mol. The highest BCUT2D eigenvalue weighted by Crippen LogP contribution is 2.60. The number of fused-ring (bicyclic) bond motifs is 2. The Morgan fingerprint density at radius 1 is 0.889 bits per heavy atom. The van der Waals surface area contributed by atoms with Crippen LogP contribution in [0.2, 0.25) is 0 Å². The van der Waals surface area contributed by atoms with E-state index in [-0.39, 0.29) is 23.8 Å². The number of carbonyl (C=O) groups is 4. The standard InChI is InChI=1S/C28H34N4O4/c33-23(17-32-25(35)28(29-26(32)36)6-5-21-3-1-2-4-22(21)28)30-7-9-31(10-8-30)24(34)27-14-18-11-19(15-27)13-20(12-18)16-27/h1-4,18-20H,5-17H2,(H,29,36). The van der Waals surface area contributed by atoms with E-state index in [4.69, 9.17) is 0 Å². The lowest BCUT2D eigenvalue weighted by Crippen LogP contribution is -2.59. The fourth-order valence-corrected chi connectivity index (χ4v) is 8.84. The van der Waals surface area contributed by atoms with Crippen LogP contribution in [0.25, 0.3) is 0 Å². The molecule has 5 amide bonds. The summed E-state index contributed by atoms with van der Waals surface area (Å²) in [5.74, 6) is 1.92. The highest BCUT2D eigenvalue weighted by molar-refractivity contribution is 6.10. The van der Waals surface area contributed by atoms with E-state index in [0.29, 0.717) is 38.5 Å². The second-order valence-corrected chi connectivity index (χ2v) is 12.3. The predicted octanol–water partition coefficient (Wildman–Crippen LogP) is 2.27. The Labute approximate surface area is 211 Å². The van der Waals surface area contributed by atoms with Gasteiger partial charge in [0.05, 0.1) is 5.41 Å². The van der Waals surface area contributed by atoms with Crippen molar-refractivity contribution in [3.05, 3.63) is 35.4 Å². The molecule has 8 rings (SSSR count). The molecule has 1 aromatic rings. The largest absolute Gasteiger partial charge is 0.339 e. The summed E-state index contributed by atoms with van der Waals surface area (Å²) in [5.41, 5.74) is 0.707. The van der Waals surface area contributed by atoms with E-state index in [1.807, 2.05) is 29.2 Å². The second-order valence-electron chi connectivity index (χ2n) is 12.3. The number of hydrogen-bond donors (Lipinski definition) is 1. The van der Waals surface area contributed by atoms with E-state index < -0.39 is 11.6 Å². The summed E-state index contributed by atoms with van der Waals surface area (Å²) < 4.78 is 0. The summed E-state index contributed by atoms with van der Waals surface area (Å²) in [7, 11) is 0. The molecular weight excluding hydrogens is 456 g/mol. The molecule has 36 heavy (non-hydrogen) atoms. The van der Waals surface area contributed by atoms with Crippen molar-refractivity contribution in [2.45, 2.75) is 56.9 Å². The third kappa shape index (κ3) is 3.18. The second kappa shape index (κ2) is 7.80. The number of nitrogens with zero attached hydrogens (tertiary/aromatic N) is 3. The SMILES string of the molecule is O=C(CN1C(=O)NC2(CCc3ccccc32)C1=O)N1CCN(C(=O)C23CC4CC(CC(C4)C2)C3)CC1. The lowest BCUT2D eigenvalue weighted by atomic mass is 9.49. The molecule has 1 N–H and O–H groups in total. The molecule has 4 bridgehead atoms. The van der Waals surface area contributed by atoms with Gasteiger partial charge in [-0.2, -0.15) is 0 Å². The zero-order valence-electron chi connectivity index (χ0n) is 20.7. The molecule has 1 aromatic carbocycles. The predicted molar refractivity (Wildman–Crippen MR) is 130 cm³/mol. The zero-order valence-corrected chi connectivity index (χ0v) is 20.7. The summed E-state index contributed by atoms with van der Waals surface area (Å²) in [6, 6.07) is 7.20. The number of benzene rings is 1. The molecule has 0 aromatic heterocycles. The number of piperazine rings is 1. The number of rotatable bonds is 3. The van der Waals surface area contributed by atoms with Crippen molar-refractivity contribution in [1.29, 1.82) is 0 Å². The lowest BCUT2D eigenvalue weighted by molar-refractivity contribution is -0.160. The van der Waals surface area contributed by atoms with Crippen LogP contribution in [0.5, 0.6) is 0 Å². The van der Waals surface area contributed by atoms with Gasteiger partial charge in [-0.3, -0.25) is 19.3 Å². The normalized spacial score (nSPS) is 36.6. The minimum Gasteiger partial charge on any atom is -0.339 e. The van der Waals surface area contributed by atoms with Crippen molar-refractivity contribution in [2.24, 2.45) is 23.2 Å². The van der Waals surface area contributed by atoms with Crippen LogP contribution in [-0.4, -0.2) is 71.2 Å². The number of nitrogens with one attached hydrogen (secondary N) is 1. The molecule has 7 aliphatic rings. The molecular formula is C28H34N4O4. The van der Waals surface area contributed by atoms with Crippen LogP contribution in [0.1, 0.15) is 56.1 Å². The zero-order chi connectivity index (χ0) is 24.7. The van der Waals surface area contributed by atoms with Crippen LogP contribution in [0.3, 0.4) is 0 Å².